The summed E-state index contributed by atoms with van der Waals surface area (Å²) >= 11 is 0. The van der Waals surface area contributed by atoms with Crippen LogP contribution in [0, 0.1) is 6.92 Å². The second kappa shape index (κ2) is 6.12. The molecule has 3 atom stereocenters. The van der Waals surface area contributed by atoms with Crippen molar-refractivity contribution in [2.45, 2.75) is 31.7 Å². The maximum absolute atomic E-state index is 11.8. The van der Waals surface area contributed by atoms with Crippen LogP contribution in [-0.2, 0) is 14.3 Å². The Kier molecular flexibility index (Phi) is 4.43. The van der Waals surface area contributed by atoms with Crippen LogP contribution in [-0.4, -0.2) is 50.4 Å². The van der Waals surface area contributed by atoms with E-state index in [2.05, 4.69) is 10.3 Å². The van der Waals surface area contributed by atoms with Crippen LogP contribution in [0.1, 0.15) is 18.2 Å². The summed E-state index contributed by atoms with van der Waals surface area (Å²) in [6.07, 6.45) is -0.302. The van der Waals surface area contributed by atoms with Crippen molar-refractivity contribution in [2.75, 3.05) is 6.61 Å². The predicted molar refractivity (Wildman–Crippen MR) is 71.2 cm³/mol. The van der Waals surface area contributed by atoms with E-state index in [4.69, 9.17) is 9.84 Å². The fraction of sp³-hybridized carbons (Fsp3) is 0.500. The monoisotopic (exact) mass is 313 g/mol. The first-order valence-corrected chi connectivity index (χ1v) is 6.45. The largest absolute Gasteiger partial charge is 0.474 e. The van der Waals surface area contributed by atoms with Crippen molar-refractivity contribution >= 4 is 11.9 Å². The number of aliphatic carboxylic acids is 1. The lowest BCUT2D eigenvalue weighted by atomic mass is 10.1. The molecule has 0 bridgehead atoms. The number of aliphatic hydroxyl groups is 1. The van der Waals surface area contributed by atoms with E-state index in [0.29, 0.717) is 5.56 Å². The summed E-state index contributed by atoms with van der Waals surface area (Å²) < 4.78 is 6.58. The summed E-state index contributed by atoms with van der Waals surface area (Å²) in [7, 11) is 0. The zero-order valence-corrected chi connectivity index (χ0v) is 11.6. The van der Waals surface area contributed by atoms with Crippen LogP contribution in [0.4, 0.5) is 0 Å². The Hall–Kier alpha value is -2.46. The van der Waals surface area contributed by atoms with Gasteiger partial charge < -0.3 is 20.3 Å². The molecule has 0 radical (unpaired) electrons. The van der Waals surface area contributed by atoms with Crippen molar-refractivity contribution in [3.05, 3.63) is 32.6 Å². The minimum Gasteiger partial charge on any atom is -0.474 e. The van der Waals surface area contributed by atoms with E-state index in [1.165, 1.54) is 13.1 Å². The molecule has 0 aromatic carbocycles. The zero-order valence-electron chi connectivity index (χ0n) is 11.6. The summed E-state index contributed by atoms with van der Waals surface area (Å²) in [4.78, 5) is 47.0. The summed E-state index contributed by atoms with van der Waals surface area (Å²) in [5, 5.41) is 20.1. The summed E-state index contributed by atoms with van der Waals surface area (Å²) in [6.45, 7) is 1.05. The second-order valence-corrected chi connectivity index (χ2v) is 4.91. The molecule has 1 aromatic heterocycles. The zero-order chi connectivity index (χ0) is 16.4. The van der Waals surface area contributed by atoms with Crippen LogP contribution in [0.3, 0.4) is 0 Å². The number of carboxylic acids is 1. The minimum absolute atomic E-state index is 0.0790. The van der Waals surface area contributed by atoms with Gasteiger partial charge in [-0.15, -0.1) is 0 Å². The lowest BCUT2D eigenvalue weighted by Crippen LogP contribution is -2.44. The number of nitrogens with one attached hydrogen (secondary N) is 2. The molecule has 1 fully saturated rings. The number of hydrogen-bond donors (Lipinski definition) is 4. The van der Waals surface area contributed by atoms with Gasteiger partial charge in [-0.3, -0.25) is 19.1 Å². The first-order chi connectivity index (χ1) is 10.3. The van der Waals surface area contributed by atoms with Crippen LogP contribution < -0.4 is 16.6 Å². The van der Waals surface area contributed by atoms with Gasteiger partial charge in [-0.2, -0.15) is 0 Å². The van der Waals surface area contributed by atoms with Gasteiger partial charge in [0, 0.05) is 18.2 Å². The Labute approximate surface area is 123 Å². The summed E-state index contributed by atoms with van der Waals surface area (Å²) in [5.41, 5.74) is -0.919. The highest BCUT2D eigenvalue weighted by Crippen LogP contribution is 2.27. The first kappa shape index (κ1) is 15.9. The van der Waals surface area contributed by atoms with Gasteiger partial charge in [0.1, 0.15) is 12.3 Å². The first-order valence-electron chi connectivity index (χ1n) is 6.45. The van der Waals surface area contributed by atoms with E-state index in [1.54, 1.807) is 0 Å². The molecule has 1 amide bonds. The molecule has 2 rings (SSSR count). The number of rotatable bonds is 3. The summed E-state index contributed by atoms with van der Waals surface area (Å²) in [5.74, 6) is -2.88. The van der Waals surface area contributed by atoms with Gasteiger partial charge in [0.25, 0.3) is 5.56 Å². The van der Waals surface area contributed by atoms with Crippen LogP contribution in [0.25, 0.3) is 0 Å². The summed E-state index contributed by atoms with van der Waals surface area (Å²) in [6, 6.07) is -0.766. The fourth-order valence-electron chi connectivity index (χ4n) is 2.25. The van der Waals surface area contributed by atoms with Crippen molar-refractivity contribution in [1.82, 2.24) is 14.9 Å². The number of carboxylic acid groups (broad SMARTS) is 1. The number of nitrogens with zero attached hydrogens (tertiary/aromatic N) is 1. The molecule has 10 heteroatoms. The molecular weight excluding hydrogens is 298 g/mol. The number of amides is 1. The van der Waals surface area contributed by atoms with Crippen LogP contribution in [0.5, 0.6) is 0 Å². The molecule has 0 spiro atoms. The van der Waals surface area contributed by atoms with Gasteiger partial charge in [0.05, 0.1) is 12.6 Å². The van der Waals surface area contributed by atoms with Gasteiger partial charge in [-0.25, -0.2) is 9.59 Å². The Morgan fingerprint density at radius 2 is 2.18 bits per heavy atom. The van der Waals surface area contributed by atoms with Crippen LogP contribution in [0.2, 0.25) is 0 Å². The van der Waals surface area contributed by atoms with Gasteiger partial charge in [0.15, 0.2) is 0 Å². The lowest BCUT2D eigenvalue weighted by Gasteiger charge is -2.16. The van der Waals surface area contributed by atoms with Gasteiger partial charge in [-0.05, 0) is 6.92 Å². The second-order valence-electron chi connectivity index (χ2n) is 4.91. The molecule has 22 heavy (non-hydrogen) atoms. The molecule has 1 aromatic rings. The van der Waals surface area contributed by atoms with Gasteiger partial charge in [-0.1, -0.05) is 0 Å². The maximum Gasteiger partial charge on any atom is 0.394 e. The van der Waals surface area contributed by atoms with E-state index < -0.39 is 48.1 Å². The average Bonchev–Trinajstić information content (AvgIpc) is 2.85. The smallest absolute Gasteiger partial charge is 0.394 e. The van der Waals surface area contributed by atoms with E-state index in [0.717, 1.165) is 4.57 Å². The molecule has 0 saturated carbocycles. The quantitative estimate of drug-likeness (QED) is 0.458. The van der Waals surface area contributed by atoms with E-state index in [-0.39, 0.29) is 6.42 Å². The highest BCUT2D eigenvalue weighted by molar-refractivity contribution is 6.31. The highest BCUT2D eigenvalue weighted by Gasteiger charge is 2.38. The van der Waals surface area contributed by atoms with Gasteiger partial charge >= 0.3 is 17.6 Å². The number of aromatic amines is 1. The topological polar surface area (TPSA) is 151 Å². The molecule has 1 saturated heterocycles. The Bertz CT molecular complexity index is 707. The fourth-order valence-corrected chi connectivity index (χ4v) is 2.25. The molecule has 120 valence electrons. The van der Waals surface area contributed by atoms with Crippen molar-refractivity contribution in [3.8, 4) is 0 Å². The molecule has 0 aliphatic carbocycles. The molecule has 10 nitrogen and oxygen atoms in total. The number of aryl methyl sites for hydroxylation is 1. The normalized spacial score (nSPS) is 24.2. The van der Waals surface area contributed by atoms with E-state index in [9.17, 15) is 24.3 Å². The Morgan fingerprint density at radius 1 is 1.50 bits per heavy atom. The maximum atomic E-state index is 11.8. The minimum atomic E-state index is -1.66. The number of aromatic nitrogens is 2. The van der Waals surface area contributed by atoms with E-state index >= 15 is 0 Å². The highest BCUT2D eigenvalue weighted by atomic mass is 16.5. The molecular formula is C12H15N3O7. The molecule has 2 heterocycles. The SMILES string of the molecule is Cc1cn([C@H]2C[C@@H](NC(=O)C(=O)O)[C@@H](CO)O2)c(=O)[nH]c1=O. The van der Waals surface area contributed by atoms with Crippen molar-refractivity contribution < 1.29 is 24.5 Å². The van der Waals surface area contributed by atoms with E-state index in [1.807, 2.05) is 0 Å². The standard InChI is InChI=1S/C12H15N3O7/c1-5-3-15(12(21)14-9(5)17)8-2-6(7(4-16)22-8)13-10(18)11(19)20/h3,6-8,16H,2,4H2,1H3,(H,13,18)(H,19,20)(H,14,17,21)/t6-,7-,8-/m1/s1. The third kappa shape index (κ3) is 3.07. The number of hydrogen-bond acceptors (Lipinski definition) is 6. The molecule has 1 aliphatic heterocycles. The van der Waals surface area contributed by atoms with Gasteiger partial charge in [0.2, 0.25) is 0 Å². The van der Waals surface area contributed by atoms with Crippen molar-refractivity contribution in [2.24, 2.45) is 0 Å². The molecule has 1 aliphatic rings. The Balaban J connectivity index is 2.23. The third-order valence-electron chi connectivity index (χ3n) is 3.38. The van der Waals surface area contributed by atoms with Crippen molar-refractivity contribution in [1.29, 1.82) is 0 Å². The predicted octanol–water partition coefficient (Wildman–Crippen LogP) is -2.31. The third-order valence-corrected chi connectivity index (χ3v) is 3.38. The Morgan fingerprint density at radius 3 is 2.77 bits per heavy atom. The number of aliphatic hydroxyl groups excluding tert-OH is 1. The van der Waals surface area contributed by atoms with Crippen molar-refractivity contribution in [3.63, 3.8) is 0 Å². The van der Waals surface area contributed by atoms with Crippen LogP contribution >= 0.6 is 0 Å². The number of ether oxygens (including phenoxy) is 1. The number of carbonyl (C=O) groups excluding carboxylic acids is 1. The molecule has 4 N–H and O–H groups in total. The van der Waals surface area contributed by atoms with Crippen LogP contribution in [0.15, 0.2) is 15.8 Å². The number of carbonyl (C=O) groups is 2. The average molecular weight is 313 g/mol. The molecule has 0 unspecified atom stereocenters. The number of H-pyrrole nitrogens is 1. The lowest BCUT2D eigenvalue weighted by molar-refractivity contribution is -0.150.